The van der Waals surface area contributed by atoms with Crippen LogP contribution in [0.4, 0.5) is 0 Å². The van der Waals surface area contributed by atoms with E-state index in [2.05, 4.69) is 15.5 Å². The Morgan fingerprint density at radius 1 is 1.27 bits per heavy atom. The minimum Gasteiger partial charge on any atom is -0.374 e. The van der Waals surface area contributed by atoms with Crippen LogP contribution >= 0.6 is 0 Å². The van der Waals surface area contributed by atoms with Gasteiger partial charge in [-0.25, -0.2) is 5.10 Å². The van der Waals surface area contributed by atoms with E-state index in [4.69, 9.17) is 4.74 Å². The van der Waals surface area contributed by atoms with Gasteiger partial charge in [-0.3, -0.25) is 9.59 Å². The highest BCUT2D eigenvalue weighted by molar-refractivity contribution is 5.91. The third kappa shape index (κ3) is 4.82. The standard InChI is InChI=1S/C16H19N3O3/c1-12(13-6-3-2-4-7-13)22-11-5-10-17-16(21)14-8-9-15(20)19-18-14/h2-4,6-9,12H,5,10-11H2,1H3,(H,17,21)(H,19,20)/t12-/m1/s1. The smallest absolute Gasteiger partial charge is 0.271 e. The minimum absolute atomic E-state index is 0.0257. The molecule has 0 radical (unpaired) electrons. The van der Waals surface area contributed by atoms with E-state index in [0.29, 0.717) is 19.6 Å². The quantitative estimate of drug-likeness (QED) is 0.762. The van der Waals surface area contributed by atoms with Crippen molar-refractivity contribution in [3.05, 3.63) is 64.1 Å². The SMILES string of the molecule is C[C@@H](OCCCNC(=O)c1ccc(=O)[nH]n1)c1ccccc1. The molecule has 0 aliphatic heterocycles. The molecule has 2 aromatic rings. The summed E-state index contributed by atoms with van der Waals surface area (Å²) in [4.78, 5) is 22.6. The zero-order valence-corrected chi connectivity index (χ0v) is 12.4. The fourth-order valence-corrected chi connectivity index (χ4v) is 1.92. The lowest BCUT2D eigenvalue weighted by atomic mass is 10.1. The summed E-state index contributed by atoms with van der Waals surface area (Å²) >= 11 is 0. The molecule has 2 N–H and O–H groups in total. The largest absolute Gasteiger partial charge is 0.374 e. The number of amides is 1. The van der Waals surface area contributed by atoms with Crippen LogP contribution in [-0.2, 0) is 4.74 Å². The van der Waals surface area contributed by atoms with Crippen LogP contribution in [0.5, 0.6) is 0 Å². The Hall–Kier alpha value is -2.47. The first kappa shape index (κ1) is 15.9. The highest BCUT2D eigenvalue weighted by atomic mass is 16.5. The van der Waals surface area contributed by atoms with Crippen molar-refractivity contribution >= 4 is 5.91 Å². The Kier molecular flexibility index (Phi) is 5.85. The van der Waals surface area contributed by atoms with Crippen molar-refractivity contribution in [1.29, 1.82) is 0 Å². The molecule has 0 bridgehead atoms. The van der Waals surface area contributed by atoms with Crippen molar-refractivity contribution in [3.63, 3.8) is 0 Å². The van der Waals surface area contributed by atoms with E-state index < -0.39 is 0 Å². The summed E-state index contributed by atoms with van der Waals surface area (Å²) in [5.74, 6) is -0.313. The van der Waals surface area contributed by atoms with Crippen LogP contribution in [0.1, 0.15) is 35.5 Å². The number of H-pyrrole nitrogens is 1. The van der Waals surface area contributed by atoms with Crippen LogP contribution in [0.15, 0.2) is 47.3 Å². The number of carbonyl (C=O) groups is 1. The zero-order valence-electron chi connectivity index (χ0n) is 12.4. The van der Waals surface area contributed by atoms with Crippen LogP contribution in [0.3, 0.4) is 0 Å². The molecule has 0 saturated carbocycles. The molecule has 0 saturated heterocycles. The normalized spacial score (nSPS) is 11.9. The summed E-state index contributed by atoms with van der Waals surface area (Å²) < 4.78 is 5.72. The Balaban J connectivity index is 1.66. The number of rotatable bonds is 7. The van der Waals surface area contributed by atoms with E-state index in [-0.39, 0.29) is 23.3 Å². The molecule has 1 amide bonds. The van der Waals surface area contributed by atoms with Crippen molar-refractivity contribution in [3.8, 4) is 0 Å². The lowest BCUT2D eigenvalue weighted by molar-refractivity contribution is 0.0634. The Morgan fingerprint density at radius 2 is 2.05 bits per heavy atom. The molecule has 0 aliphatic carbocycles. The van der Waals surface area contributed by atoms with Gasteiger partial charge in [-0.1, -0.05) is 30.3 Å². The highest BCUT2D eigenvalue weighted by Crippen LogP contribution is 2.15. The number of aromatic amines is 1. The Labute approximate surface area is 128 Å². The summed E-state index contributed by atoms with van der Waals surface area (Å²) in [6.45, 7) is 3.04. The molecule has 0 spiro atoms. The molecule has 6 heteroatoms. The average Bonchev–Trinajstić information content (AvgIpc) is 2.55. The number of hydrogen-bond donors (Lipinski definition) is 2. The first-order valence-electron chi connectivity index (χ1n) is 7.17. The molecule has 1 aromatic heterocycles. The van der Waals surface area contributed by atoms with Crippen LogP contribution in [0, 0.1) is 0 Å². The van der Waals surface area contributed by atoms with Crippen LogP contribution in [-0.4, -0.2) is 29.3 Å². The second-order valence-electron chi connectivity index (χ2n) is 4.84. The van der Waals surface area contributed by atoms with Crippen molar-refractivity contribution in [1.82, 2.24) is 15.5 Å². The molecule has 0 unspecified atom stereocenters. The van der Waals surface area contributed by atoms with Crippen LogP contribution in [0.25, 0.3) is 0 Å². The van der Waals surface area contributed by atoms with Gasteiger partial charge in [-0.05, 0) is 25.0 Å². The minimum atomic E-state index is -0.333. The maximum Gasteiger partial charge on any atom is 0.271 e. The van der Waals surface area contributed by atoms with Gasteiger partial charge in [-0.2, -0.15) is 5.10 Å². The monoisotopic (exact) mass is 301 g/mol. The first-order chi connectivity index (χ1) is 10.7. The van der Waals surface area contributed by atoms with E-state index in [9.17, 15) is 9.59 Å². The first-order valence-corrected chi connectivity index (χ1v) is 7.17. The van der Waals surface area contributed by atoms with Gasteiger partial charge in [0.15, 0.2) is 0 Å². The maximum absolute atomic E-state index is 11.7. The number of nitrogens with zero attached hydrogens (tertiary/aromatic N) is 1. The predicted molar refractivity (Wildman–Crippen MR) is 82.6 cm³/mol. The van der Waals surface area contributed by atoms with Gasteiger partial charge in [0.2, 0.25) is 0 Å². The molecular formula is C16H19N3O3. The summed E-state index contributed by atoms with van der Waals surface area (Å²) in [6.07, 6.45) is 0.726. The second-order valence-corrected chi connectivity index (χ2v) is 4.84. The maximum atomic E-state index is 11.7. The fraction of sp³-hybridized carbons (Fsp3) is 0.312. The van der Waals surface area contributed by atoms with E-state index >= 15 is 0 Å². The predicted octanol–water partition coefficient (Wildman–Crippen LogP) is 1.67. The topological polar surface area (TPSA) is 84.1 Å². The molecule has 1 aromatic carbocycles. The van der Waals surface area contributed by atoms with E-state index in [0.717, 1.165) is 5.56 Å². The molecule has 1 atom stereocenters. The summed E-state index contributed by atoms with van der Waals surface area (Å²) in [5.41, 5.74) is 0.988. The molecular weight excluding hydrogens is 282 g/mol. The Morgan fingerprint density at radius 3 is 2.73 bits per heavy atom. The third-order valence-corrected chi connectivity index (χ3v) is 3.16. The highest BCUT2D eigenvalue weighted by Gasteiger charge is 2.07. The number of nitrogens with one attached hydrogen (secondary N) is 2. The van der Waals surface area contributed by atoms with Gasteiger partial charge in [0.25, 0.3) is 11.5 Å². The number of benzene rings is 1. The van der Waals surface area contributed by atoms with E-state index in [1.165, 1.54) is 12.1 Å². The van der Waals surface area contributed by atoms with E-state index in [1.54, 1.807) is 0 Å². The Bertz CT molecular complexity index is 635. The molecule has 2 rings (SSSR count). The van der Waals surface area contributed by atoms with Crippen molar-refractivity contribution in [2.45, 2.75) is 19.4 Å². The zero-order chi connectivity index (χ0) is 15.8. The molecule has 0 fully saturated rings. The third-order valence-electron chi connectivity index (χ3n) is 3.16. The van der Waals surface area contributed by atoms with Gasteiger partial charge in [0.1, 0.15) is 5.69 Å². The van der Waals surface area contributed by atoms with Gasteiger partial charge in [0.05, 0.1) is 6.10 Å². The van der Waals surface area contributed by atoms with Crippen LogP contribution < -0.4 is 10.9 Å². The fourth-order valence-electron chi connectivity index (χ4n) is 1.92. The van der Waals surface area contributed by atoms with Gasteiger partial charge < -0.3 is 10.1 Å². The molecule has 22 heavy (non-hydrogen) atoms. The summed E-state index contributed by atoms with van der Waals surface area (Å²) in [5, 5.41) is 8.62. The van der Waals surface area contributed by atoms with Crippen molar-refractivity contribution < 1.29 is 9.53 Å². The average molecular weight is 301 g/mol. The summed E-state index contributed by atoms with van der Waals surface area (Å²) in [7, 11) is 0. The van der Waals surface area contributed by atoms with Gasteiger partial charge >= 0.3 is 0 Å². The number of ether oxygens (including phenoxy) is 1. The molecule has 116 valence electrons. The van der Waals surface area contributed by atoms with Crippen molar-refractivity contribution in [2.75, 3.05) is 13.2 Å². The molecule has 0 aliphatic rings. The van der Waals surface area contributed by atoms with Crippen LogP contribution in [0.2, 0.25) is 0 Å². The van der Waals surface area contributed by atoms with E-state index in [1.807, 2.05) is 37.3 Å². The lowest BCUT2D eigenvalue weighted by Gasteiger charge is -2.13. The number of carbonyl (C=O) groups excluding carboxylic acids is 1. The van der Waals surface area contributed by atoms with Crippen molar-refractivity contribution in [2.24, 2.45) is 0 Å². The number of aromatic nitrogens is 2. The van der Waals surface area contributed by atoms with Gasteiger partial charge in [-0.15, -0.1) is 0 Å². The lowest BCUT2D eigenvalue weighted by Crippen LogP contribution is -2.27. The molecule has 6 nitrogen and oxygen atoms in total. The molecule has 1 heterocycles. The second kappa shape index (κ2) is 8.09. The summed E-state index contributed by atoms with van der Waals surface area (Å²) in [6, 6.07) is 12.6. The van der Waals surface area contributed by atoms with Gasteiger partial charge in [0, 0.05) is 19.2 Å². The number of hydrogen-bond acceptors (Lipinski definition) is 4.